The summed E-state index contributed by atoms with van der Waals surface area (Å²) in [5.74, 6) is 0. The van der Waals surface area contributed by atoms with Crippen LogP contribution >= 0.6 is 11.3 Å². The molecule has 3 heteroatoms. The first-order valence-electron chi connectivity index (χ1n) is 7.29. The molecule has 2 nitrogen and oxygen atoms in total. The molecule has 0 bridgehead atoms. The molecule has 1 aliphatic rings. The highest BCUT2D eigenvalue weighted by Crippen LogP contribution is 2.23. The second-order valence-corrected chi connectivity index (χ2v) is 6.66. The Morgan fingerprint density at radius 3 is 2.55 bits per heavy atom. The number of rotatable bonds is 3. The lowest BCUT2D eigenvalue weighted by molar-refractivity contribution is 0.252. The molecular weight excluding hydrogens is 264 g/mol. The highest BCUT2D eigenvalue weighted by atomic mass is 32.1. The largest absolute Gasteiger partial charge is 0.369 e. The van der Waals surface area contributed by atoms with Crippen LogP contribution in [0, 0.1) is 13.8 Å². The Bertz CT molecular complexity index is 554. The number of aryl methyl sites for hydroxylation is 2. The highest BCUT2D eigenvalue weighted by molar-refractivity contribution is 7.09. The smallest absolute Gasteiger partial charge is 0.0399 e. The molecule has 0 saturated carbocycles. The predicted octanol–water partition coefficient (Wildman–Crippen LogP) is 3.69. The third-order valence-electron chi connectivity index (χ3n) is 4.04. The number of nitrogens with zero attached hydrogens (tertiary/aromatic N) is 2. The first-order chi connectivity index (χ1) is 9.72. The van der Waals surface area contributed by atoms with Crippen molar-refractivity contribution in [3.63, 3.8) is 0 Å². The molecule has 0 atom stereocenters. The molecular formula is C17H22N2S. The summed E-state index contributed by atoms with van der Waals surface area (Å²) < 4.78 is 0. The summed E-state index contributed by atoms with van der Waals surface area (Å²) in [7, 11) is 0. The summed E-state index contributed by atoms with van der Waals surface area (Å²) in [6.45, 7) is 10.1. The maximum Gasteiger partial charge on any atom is 0.0399 e. The quantitative estimate of drug-likeness (QED) is 0.849. The summed E-state index contributed by atoms with van der Waals surface area (Å²) >= 11 is 1.86. The molecule has 1 saturated heterocycles. The van der Waals surface area contributed by atoms with Gasteiger partial charge in [-0.15, -0.1) is 11.3 Å². The summed E-state index contributed by atoms with van der Waals surface area (Å²) in [6, 6.07) is 11.1. The minimum atomic E-state index is 1.11. The molecule has 3 rings (SSSR count). The van der Waals surface area contributed by atoms with Crippen LogP contribution in [0.3, 0.4) is 0 Å². The fourth-order valence-electron chi connectivity index (χ4n) is 2.83. The van der Waals surface area contributed by atoms with Gasteiger partial charge in [-0.3, -0.25) is 4.90 Å². The monoisotopic (exact) mass is 286 g/mol. The zero-order valence-electron chi connectivity index (χ0n) is 12.3. The Kier molecular flexibility index (Phi) is 4.08. The lowest BCUT2D eigenvalue weighted by atomic mass is 10.1. The van der Waals surface area contributed by atoms with E-state index in [1.807, 2.05) is 11.3 Å². The number of anilines is 1. The Labute approximate surface area is 125 Å². The van der Waals surface area contributed by atoms with Gasteiger partial charge in [0.15, 0.2) is 0 Å². The topological polar surface area (TPSA) is 6.48 Å². The Morgan fingerprint density at radius 1 is 1.05 bits per heavy atom. The van der Waals surface area contributed by atoms with E-state index < -0.39 is 0 Å². The standard InChI is InChI=1S/C17H22N2S/c1-14-5-6-15(2)17(12-14)19-9-7-18(8-10-19)13-16-4-3-11-20-16/h3-6,11-12H,7-10,13H2,1-2H3. The fourth-order valence-corrected chi connectivity index (χ4v) is 3.58. The highest BCUT2D eigenvalue weighted by Gasteiger charge is 2.18. The van der Waals surface area contributed by atoms with Gasteiger partial charge < -0.3 is 4.90 Å². The normalized spacial score (nSPS) is 16.6. The van der Waals surface area contributed by atoms with Crippen molar-refractivity contribution in [3.8, 4) is 0 Å². The van der Waals surface area contributed by atoms with Gasteiger partial charge in [0.2, 0.25) is 0 Å². The third kappa shape index (κ3) is 3.05. The van der Waals surface area contributed by atoms with Gasteiger partial charge in [-0.2, -0.15) is 0 Å². The summed E-state index contributed by atoms with van der Waals surface area (Å²) in [5, 5.41) is 2.17. The predicted molar refractivity (Wildman–Crippen MR) is 87.7 cm³/mol. The third-order valence-corrected chi connectivity index (χ3v) is 4.90. The molecule has 1 aromatic carbocycles. The van der Waals surface area contributed by atoms with Crippen LogP contribution in [0.15, 0.2) is 35.7 Å². The van der Waals surface area contributed by atoms with Gasteiger partial charge in [-0.1, -0.05) is 18.2 Å². The van der Waals surface area contributed by atoms with E-state index in [1.165, 1.54) is 21.7 Å². The molecule has 1 fully saturated rings. The molecule has 1 aromatic heterocycles. The maximum atomic E-state index is 2.56. The van der Waals surface area contributed by atoms with Crippen LogP contribution in [-0.4, -0.2) is 31.1 Å². The summed E-state index contributed by atoms with van der Waals surface area (Å²) in [5.41, 5.74) is 4.16. The van der Waals surface area contributed by atoms with Crippen LogP contribution < -0.4 is 4.90 Å². The Hall–Kier alpha value is -1.32. The van der Waals surface area contributed by atoms with Crippen LogP contribution in [0.5, 0.6) is 0 Å². The molecule has 20 heavy (non-hydrogen) atoms. The van der Waals surface area contributed by atoms with E-state index in [0.717, 1.165) is 32.7 Å². The van der Waals surface area contributed by atoms with Crippen LogP contribution in [-0.2, 0) is 6.54 Å². The number of thiophene rings is 1. The van der Waals surface area contributed by atoms with E-state index in [1.54, 1.807) is 0 Å². The lowest BCUT2D eigenvalue weighted by Gasteiger charge is -2.36. The number of hydrogen-bond acceptors (Lipinski definition) is 3. The number of piperazine rings is 1. The van der Waals surface area contributed by atoms with Crippen LogP contribution in [0.4, 0.5) is 5.69 Å². The molecule has 0 amide bonds. The van der Waals surface area contributed by atoms with Crippen molar-refractivity contribution in [1.82, 2.24) is 4.90 Å². The van der Waals surface area contributed by atoms with Gasteiger partial charge >= 0.3 is 0 Å². The summed E-state index contributed by atoms with van der Waals surface area (Å²) in [6.07, 6.45) is 0. The minimum absolute atomic E-state index is 1.11. The second kappa shape index (κ2) is 5.98. The van der Waals surface area contributed by atoms with Gasteiger partial charge in [-0.05, 0) is 42.5 Å². The zero-order chi connectivity index (χ0) is 13.9. The van der Waals surface area contributed by atoms with Gasteiger partial charge in [0.05, 0.1) is 0 Å². The van der Waals surface area contributed by atoms with Crippen LogP contribution in [0.25, 0.3) is 0 Å². The Balaban J connectivity index is 1.62. The molecule has 0 unspecified atom stereocenters. The van der Waals surface area contributed by atoms with Gasteiger partial charge in [0.25, 0.3) is 0 Å². The molecule has 0 aliphatic carbocycles. The average Bonchev–Trinajstić information content (AvgIpc) is 2.95. The van der Waals surface area contributed by atoms with E-state index in [4.69, 9.17) is 0 Å². The molecule has 106 valence electrons. The number of benzene rings is 1. The van der Waals surface area contributed by atoms with Crippen molar-refractivity contribution < 1.29 is 0 Å². The van der Waals surface area contributed by atoms with Crippen LogP contribution in [0.2, 0.25) is 0 Å². The maximum absolute atomic E-state index is 2.56. The molecule has 0 spiro atoms. The van der Waals surface area contributed by atoms with Gasteiger partial charge in [-0.25, -0.2) is 0 Å². The zero-order valence-corrected chi connectivity index (χ0v) is 13.1. The molecule has 1 aliphatic heterocycles. The van der Waals surface area contributed by atoms with Crippen molar-refractivity contribution in [2.45, 2.75) is 20.4 Å². The summed E-state index contributed by atoms with van der Waals surface area (Å²) in [4.78, 5) is 6.57. The lowest BCUT2D eigenvalue weighted by Crippen LogP contribution is -2.46. The Morgan fingerprint density at radius 2 is 1.85 bits per heavy atom. The van der Waals surface area contributed by atoms with Gasteiger partial charge in [0, 0.05) is 43.3 Å². The van der Waals surface area contributed by atoms with Crippen molar-refractivity contribution in [1.29, 1.82) is 0 Å². The molecule has 2 heterocycles. The molecule has 0 N–H and O–H groups in total. The fraction of sp³-hybridized carbons (Fsp3) is 0.412. The van der Waals surface area contributed by atoms with Crippen molar-refractivity contribution in [3.05, 3.63) is 51.7 Å². The minimum Gasteiger partial charge on any atom is -0.369 e. The van der Waals surface area contributed by atoms with E-state index in [-0.39, 0.29) is 0 Å². The van der Waals surface area contributed by atoms with E-state index in [2.05, 4.69) is 59.4 Å². The average molecular weight is 286 g/mol. The first-order valence-corrected chi connectivity index (χ1v) is 8.17. The second-order valence-electron chi connectivity index (χ2n) is 5.63. The van der Waals surface area contributed by atoms with Crippen molar-refractivity contribution >= 4 is 17.0 Å². The first kappa shape index (κ1) is 13.7. The van der Waals surface area contributed by atoms with E-state index in [0.29, 0.717) is 0 Å². The van der Waals surface area contributed by atoms with Crippen molar-refractivity contribution in [2.24, 2.45) is 0 Å². The number of hydrogen-bond donors (Lipinski definition) is 0. The van der Waals surface area contributed by atoms with Gasteiger partial charge in [0.1, 0.15) is 0 Å². The van der Waals surface area contributed by atoms with Crippen LogP contribution in [0.1, 0.15) is 16.0 Å². The molecule has 2 aromatic rings. The SMILES string of the molecule is Cc1ccc(C)c(N2CCN(Cc3cccs3)CC2)c1. The molecule has 0 radical (unpaired) electrons. The van der Waals surface area contributed by atoms with Crippen molar-refractivity contribution in [2.75, 3.05) is 31.1 Å². The van der Waals surface area contributed by atoms with E-state index >= 15 is 0 Å². The van der Waals surface area contributed by atoms with E-state index in [9.17, 15) is 0 Å².